The van der Waals surface area contributed by atoms with E-state index in [0.717, 1.165) is 5.56 Å². The molecule has 6 nitrogen and oxygen atoms in total. The molecule has 1 aliphatic rings. The number of nitrogens with zero attached hydrogens (tertiary/aromatic N) is 2. The van der Waals surface area contributed by atoms with Gasteiger partial charge in [0.05, 0.1) is 28.5 Å². The molecule has 0 bridgehead atoms. The lowest BCUT2D eigenvalue weighted by Gasteiger charge is -2.24. The SMILES string of the molecule is CCOC(=O)C1=C(C)N=c2s/c(=C/c3cccc(O)c3)c(=O)n2C1c1ccccc1. The summed E-state index contributed by atoms with van der Waals surface area (Å²) in [4.78, 5) is 31.2. The van der Waals surface area contributed by atoms with Gasteiger partial charge in [-0.3, -0.25) is 9.36 Å². The average Bonchev–Trinajstić information content (AvgIpc) is 3.02. The normalized spacial score (nSPS) is 16.2. The predicted molar refractivity (Wildman–Crippen MR) is 115 cm³/mol. The minimum Gasteiger partial charge on any atom is -0.508 e. The maximum absolute atomic E-state index is 13.4. The molecule has 0 radical (unpaired) electrons. The van der Waals surface area contributed by atoms with Gasteiger partial charge in [-0.1, -0.05) is 53.8 Å². The summed E-state index contributed by atoms with van der Waals surface area (Å²) in [6, 6.07) is 15.5. The molecule has 30 heavy (non-hydrogen) atoms. The van der Waals surface area contributed by atoms with Crippen LogP contribution < -0.4 is 14.9 Å². The van der Waals surface area contributed by atoms with E-state index in [1.54, 1.807) is 42.7 Å². The Balaban J connectivity index is 1.96. The molecular formula is C23H20N2O4S. The second-order valence-electron chi connectivity index (χ2n) is 6.81. The highest BCUT2D eigenvalue weighted by Gasteiger charge is 2.33. The minimum absolute atomic E-state index is 0.124. The molecule has 0 aliphatic carbocycles. The van der Waals surface area contributed by atoms with Gasteiger partial charge in [0.25, 0.3) is 5.56 Å². The van der Waals surface area contributed by atoms with Crippen LogP contribution in [0.1, 0.15) is 31.0 Å². The second-order valence-corrected chi connectivity index (χ2v) is 7.82. The molecule has 1 atom stereocenters. The van der Waals surface area contributed by atoms with Crippen LogP contribution >= 0.6 is 11.3 Å². The Labute approximate surface area is 176 Å². The standard InChI is InChI=1S/C23H20N2O4S/c1-3-29-22(28)19-14(2)24-23-25(20(19)16-9-5-4-6-10-16)21(27)18(30-23)13-15-8-7-11-17(26)12-15/h4-13,20,26H,3H2,1-2H3/b18-13+. The number of fused-ring (bicyclic) bond motifs is 1. The van der Waals surface area contributed by atoms with E-state index in [1.165, 1.54) is 11.3 Å². The number of aromatic hydroxyl groups is 1. The summed E-state index contributed by atoms with van der Waals surface area (Å²) < 4.78 is 7.29. The molecule has 0 saturated carbocycles. The number of carbonyl (C=O) groups is 1. The molecule has 1 aromatic heterocycles. The van der Waals surface area contributed by atoms with Gasteiger partial charge in [0.2, 0.25) is 0 Å². The molecule has 4 rings (SSSR count). The zero-order chi connectivity index (χ0) is 21.3. The molecule has 1 N–H and O–H groups in total. The monoisotopic (exact) mass is 420 g/mol. The van der Waals surface area contributed by atoms with E-state index in [9.17, 15) is 14.7 Å². The van der Waals surface area contributed by atoms with Crippen LogP contribution in [0.4, 0.5) is 0 Å². The van der Waals surface area contributed by atoms with Crippen LogP contribution in [0, 0.1) is 0 Å². The van der Waals surface area contributed by atoms with Gasteiger partial charge < -0.3 is 9.84 Å². The van der Waals surface area contributed by atoms with Crippen molar-refractivity contribution in [2.75, 3.05) is 6.61 Å². The third-order valence-corrected chi connectivity index (χ3v) is 5.78. The Bertz CT molecular complexity index is 1320. The number of carbonyl (C=O) groups excluding carboxylic acids is 1. The fourth-order valence-corrected chi connectivity index (χ4v) is 4.55. The fraction of sp³-hybridized carbons (Fsp3) is 0.174. The van der Waals surface area contributed by atoms with E-state index in [1.807, 2.05) is 36.4 Å². The molecule has 1 aliphatic heterocycles. The minimum atomic E-state index is -0.618. The van der Waals surface area contributed by atoms with Gasteiger partial charge in [0.15, 0.2) is 4.80 Å². The van der Waals surface area contributed by atoms with Crippen molar-refractivity contribution in [2.45, 2.75) is 19.9 Å². The Morgan fingerprint density at radius 2 is 2.00 bits per heavy atom. The van der Waals surface area contributed by atoms with Gasteiger partial charge in [-0.25, -0.2) is 9.79 Å². The van der Waals surface area contributed by atoms with Crippen LogP contribution in [0.15, 0.2) is 75.7 Å². The van der Waals surface area contributed by atoms with E-state index >= 15 is 0 Å². The number of phenolic OH excluding ortho intramolecular Hbond substituents is 1. The quantitative estimate of drug-likeness (QED) is 0.658. The fourth-order valence-electron chi connectivity index (χ4n) is 3.51. The molecule has 2 heterocycles. The molecule has 152 valence electrons. The summed E-state index contributed by atoms with van der Waals surface area (Å²) in [7, 11) is 0. The highest BCUT2D eigenvalue weighted by atomic mass is 32.1. The van der Waals surface area contributed by atoms with Gasteiger partial charge in [0.1, 0.15) is 5.75 Å². The highest BCUT2D eigenvalue weighted by molar-refractivity contribution is 7.07. The van der Waals surface area contributed by atoms with Gasteiger partial charge in [0, 0.05) is 0 Å². The molecule has 2 aromatic carbocycles. The number of esters is 1. The van der Waals surface area contributed by atoms with Crippen molar-refractivity contribution in [3.8, 4) is 5.75 Å². The topological polar surface area (TPSA) is 80.9 Å². The lowest BCUT2D eigenvalue weighted by atomic mass is 9.96. The van der Waals surface area contributed by atoms with E-state index in [4.69, 9.17) is 4.74 Å². The third kappa shape index (κ3) is 3.59. The molecule has 0 spiro atoms. The molecular weight excluding hydrogens is 400 g/mol. The van der Waals surface area contributed by atoms with Gasteiger partial charge in [-0.05, 0) is 43.2 Å². The van der Waals surface area contributed by atoms with E-state index in [-0.39, 0.29) is 17.9 Å². The van der Waals surface area contributed by atoms with Crippen molar-refractivity contribution < 1.29 is 14.6 Å². The Kier molecular flexibility index (Phi) is 5.37. The van der Waals surface area contributed by atoms with Gasteiger partial charge in [-0.15, -0.1) is 0 Å². The van der Waals surface area contributed by atoms with Crippen molar-refractivity contribution >= 4 is 23.4 Å². The highest BCUT2D eigenvalue weighted by Crippen LogP contribution is 2.30. The zero-order valence-corrected chi connectivity index (χ0v) is 17.3. The largest absolute Gasteiger partial charge is 0.508 e. The molecule has 0 amide bonds. The van der Waals surface area contributed by atoms with Crippen molar-refractivity contribution in [3.05, 3.63) is 96.7 Å². The maximum Gasteiger partial charge on any atom is 0.338 e. The van der Waals surface area contributed by atoms with Crippen molar-refractivity contribution in [1.29, 1.82) is 0 Å². The Hall–Kier alpha value is -3.45. The first-order chi connectivity index (χ1) is 14.5. The molecule has 0 saturated heterocycles. The first-order valence-electron chi connectivity index (χ1n) is 9.53. The number of hydrogen-bond acceptors (Lipinski definition) is 6. The average molecular weight is 420 g/mol. The van der Waals surface area contributed by atoms with Crippen molar-refractivity contribution in [1.82, 2.24) is 4.57 Å². The maximum atomic E-state index is 13.4. The van der Waals surface area contributed by atoms with Gasteiger partial charge >= 0.3 is 5.97 Å². The number of phenols is 1. The molecule has 3 aromatic rings. The number of ether oxygens (including phenoxy) is 1. The summed E-state index contributed by atoms with van der Waals surface area (Å²) in [5.41, 5.74) is 2.16. The van der Waals surface area contributed by atoms with Crippen LogP contribution in [0.2, 0.25) is 0 Å². The number of thiazole rings is 1. The molecule has 1 unspecified atom stereocenters. The zero-order valence-electron chi connectivity index (χ0n) is 16.5. The summed E-state index contributed by atoms with van der Waals surface area (Å²) in [5.74, 6) is -0.353. The van der Waals surface area contributed by atoms with Gasteiger partial charge in [-0.2, -0.15) is 0 Å². The molecule has 0 fully saturated rings. The second kappa shape index (κ2) is 8.12. The van der Waals surface area contributed by atoms with E-state index in [0.29, 0.717) is 26.2 Å². The summed E-state index contributed by atoms with van der Waals surface area (Å²) >= 11 is 1.25. The number of aromatic nitrogens is 1. The van der Waals surface area contributed by atoms with E-state index < -0.39 is 12.0 Å². The number of benzene rings is 2. The first-order valence-corrected chi connectivity index (χ1v) is 10.3. The smallest absolute Gasteiger partial charge is 0.338 e. The molecule has 7 heteroatoms. The van der Waals surface area contributed by atoms with Crippen LogP contribution in [0.25, 0.3) is 6.08 Å². The van der Waals surface area contributed by atoms with E-state index in [2.05, 4.69) is 4.99 Å². The summed E-state index contributed by atoms with van der Waals surface area (Å²) in [6.07, 6.45) is 1.72. The first kappa shape index (κ1) is 19.8. The summed E-state index contributed by atoms with van der Waals surface area (Å²) in [5, 5.41) is 9.72. The lowest BCUT2D eigenvalue weighted by Crippen LogP contribution is -2.39. The third-order valence-electron chi connectivity index (χ3n) is 4.80. The Morgan fingerprint density at radius 1 is 1.23 bits per heavy atom. The van der Waals surface area contributed by atoms with Crippen LogP contribution in [0.3, 0.4) is 0 Å². The van der Waals surface area contributed by atoms with Crippen LogP contribution in [-0.4, -0.2) is 22.2 Å². The van der Waals surface area contributed by atoms with Crippen LogP contribution in [-0.2, 0) is 9.53 Å². The summed E-state index contributed by atoms with van der Waals surface area (Å²) in [6.45, 7) is 3.74. The number of hydrogen-bond donors (Lipinski definition) is 1. The van der Waals surface area contributed by atoms with Crippen molar-refractivity contribution in [3.63, 3.8) is 0 Å². The number of allylic oxidation sites excluding steroid dienone is 1. The number of rotatable bonds is 4. The lowest BCUT2D eigenvalue weighted by molar-refractivity contribution is -0.139. The Morgan fingerprint density at radius 3 is 2.70 bits per heavy atom. The predicted octanol–water partition coefficient (Wildman–Crippen LogP) is 2.50. The van der Waals surface area contributed by atoms with Crippen molar-refractivity contribution in [2.24, 2.45) is 4.99 Å². The van der Waals surface area contributed by atoms with Crippen LogP contribution in [0.5, 0.6) is 5.75 Å².